The summed E-state index contributed by atoms with van der Waals surface area (Å²) in [4.78, 5) is 1.38. The molecule has 0 bridgehead atoms. The maximum atomic E-state index is 4.20. The maximum absolute atomic E-state index is 4.20. The van der Waals surface area contributed by atoms with Crippen LogP contribution in [0.5, 0.6) is 0 Å². The first-order valence-electron chi connectivity index (χ1n) is 5.54. The average molecular weight is 235 g/mol. The van der Waals surface area contributed by atoms with Crippen LogP contribution in [0, 0.1) is 13.8 Å². The van der Waals surface area contributed by atoms with Gasteiger partial charge in [0.25, 0.3) is 0 Å². The molecule has 0 aliphatic carbocycles. The van der Waals surface area contributed by atoms with Crippen molar-refractivity contribution >= 4 is 17.0 Å². The highest BCUT2D eigenvalue weighted by atomic mass is 32.1. The Morgan fingerprint density at radius 3 is 2.81 bits per heavy atom. The zero-order valence-electron chi connectivity index (χ0n) is 9.87. The summed E-state index contributed by atoms with van der Waals surface area (Å²) in [6.45, 7) is 6.26. The molecule has 0 fully saturated rings. The Bertz CT molecular complexity index is 425. The largest absolute Gasteiger partial charge is 0.374 e. The van der Waals surface area contributed by atoms with E-state index in [1.165, 1.54) is 4.88 Å². The van der Waals surface area contributed by atoms with Crippen LogP contribution in [0.1, 0.15) is 35.7 Å². The Morgan fingerprint density at radius 1 is 1.50 bits per heavy atom. The van der Waals surface area contributed by atoms with Crippen molar-refractivity contribution in [1.29, 1.82) is 0 Å². The first kappa shape index (κ1) is 11.2. The molecule has 0 aromatic carbocycles. The number of nitrogens with one attached hydrogen (secondary N) is 2. The molecule has 0 saturated carbocycles. The Kier molecular flexibility index (Phi) is 3.29. The summed E-state index contributed by atoms with van der Waals surface area (Å²) in [5, 5.41) is 12.9. The number of aryl methyl sites for hydroxylation is 2. The third-order valence-corrected chi connectivity index (χ3v) is 3.73. The van der Waals surface area contributed by atoms with Crippen LogP contribution >= 0.6 is 11.3 Å². The summed E-state index contributed by atoms with van der Waals surface area (Å²) < 4.78 is 0. The van der Waals surface area contributed by atoms with Gasteiger partial charge in [-0.3, -0.25) is 5.10 Å². The Balaban J connectivity index is 2.20. The van der Waals surface area contributed by atoms with E-state index in [-0.39, 0.29) is 0 Å². The van der Waals surface area contributed by atoms with Gasteiger partial charge >= 0.3 is 0 Å². The molecule has 0 spiro atoms. The van der Waals surface area contributed by atoms with E-state index in [1.807, 2.05) is 13.8 Å². The molecule has 1 unspecified atom stereocenters. The van der Waals surface area contributed by atoms with E-state index < -0.39 is 0 Å². The van der Waals surface area contributed by atoms with Crippen LogP contribution < -0.4 is 5.32 Å². The fraction of sp³-hybridized carbons (Fsp3) is 0.417. The smallest absolute Gasteiger partial charge is 0.0825 e. The minimum Gasteiger partial charge on any atom is -0.374 e. The molecule has 1 atom stereocenters. The highest BCUT2D eigenvalue weighted by molar-refractivity contribution is 7.10. The topological polar surface area (TPSA) is 40.7 Å². The summed E-state index contributed by atoms with van der Waals surface area (Å²) in [5.74, 6) is 0. The molecule has 2 aromatic rings. The number of H-pyrrole nitrogens is 1. The lowest BCUT2D eigenvalue weighted by Crippen LogP contribution is -2.09. The number of nitrogens with zero attached hydrogens (tertiary/aromatic N) is 1. The minimum atomic E-state index is 0.384. The number of aromatic amines is 1. The number of rotatable bonds is 4. The van der Waals surface area contributed by atoms with Gasteiger partial charge in [0.15, 0.2) is 0 Å². The fourth-order valence-corrected chi connectivity index (χ4v) is 2.66. The Hall–Kier alpha value is -1.29. The van der Waals surface area contributed by atoms with Crippen molar-refractivity contribution in [2.75, 3.05) is 5.32 Å². The number of hydrogen-bond donors (Lipinski definition) is 2. The van der Waals surface area contributed by atoms with Crippen molar-refractivity contribution in [1.82, 2.24) is 10.2 Å². The molecule has 0 amide bonds. The van der Waals surface area contributed by atoms with Crippen molar-refractivity contribution in [2.24, 2.45) is 0 Å². The summed E-state index contributed by atoms with van der Waals surface area (Å²) in [5.41, 5.74) is 3.28. The number of hydrogen-bond acceptors (Lipinski definition) is 3. The van der Waals surface area contributed by atoms with Gasteiger partial charge in [-0.05, 0) is 31.7 Å². The van der Waals surface area contributed by atoms with E-state index >= 15 is 0 Å². The number of thiophene rings is 1. The van der Waals surface area contributed by atoms with Crippen LogP contribution in [-0.2, 0) is 0 Å². The highest BCUT2D eigenvalue weighted by Crippen LogP contribution is 2.28. The molecule has 16 heavy (non-hydrogen) atoms. The van der Waals surface area contributed by atoms with E-state index in [1.54, 1.807) is 11.3 Å². The molecular formula is C12H17N3S. The predicted molar refractivity (Wildman–Crippen MR) is 69.0 cm³/mol. The van der Waals surface area contributed by atoms with E-state index in [2.05, 4.69) is 40.0 Å². The summed E-state index contributed by atoms with van der Waals surface area (Å²) in [6, 6.07) is 4.66. The molecule has 2 rings (SSSR count). The lowest BCUT2D eigenvalue weighted by molar-refractivity contribution is 0.762. The molecule has 2 aromatic heterocycles. The summed E-state index contributed by atoms with van der Waals surface area (Å²) in [6.07, 6.45) is 1.07. The third-order valence-electron chi connectivity index (χ3n) is 2.74. The van der Waals surface area contributed by atoms with Crippen molar-refractivity contribution in [2.45, 2.75) is 33.2 Å². The van der Waals surface area contributed by atoms with Gasteiger partial charge in [-0.2, -0.15) is 5.10 Å². The average Bonchev–Trinajstić information content (AvgIpc) is 2.89. The molecule has 0 aliphatic heterocycles. The van der Waals surface area contributed by atoms with Gasteiger partial charge in [-0.15, -0.1) is 11.3 Å². The second-order valence-corrected chi connectivity index (χ2v) is 4.91. The standard InChI is InChI=1S/C12H17N3S/c1-4-10(11-6-5-7-16-11)13-12-8(2)14-15-9(12)3/h5-7,10,13H,4H2,1-3H3,(H,14,15). The van der Waals surface area contributed by atoms with Crippen LogP contribution in [-0.4, -0.2) is 10.2 Å². The van der Waals surface area contributed by atoms with Crippen molar-refractivity contribution in [3.8, 4) is 0 Å². The molecule has 3 nitrogen and oxygen atoms in total. The van der Waals surface area contributed by atoms with Gasteiger partial charge in [-0.1, -0.05) is 13.0 Å². The van der Waals surface area contributed by atoms with E-state index in [9.17, 15) is 0 Å². The summed E-state index contributed by atoms with van der Waals surface area (Å²) in [7, 11) is 0. The molecule has 2 heterocycles. The van der Waals surface area contributed by atoms with Crippen LogP contribution in [0.4, 0.5) is 5.69 Å². The van der Waals surface area contributed by atoms with E-state index in [0.717, 1.165) is 23.5 Å². The second-order valence-electron chi connectivity index (χ2n) is 3.93. The third kappa shape index (κ3) is 2.11. The van der Waals surface area contributed by atoms with Crippen molar-refractivity contribution < 1.29 is 0 Å². The number of anilines is 1. The molecule has 0 saturated heterocycles. The van der Waals surface area contributed by atoms with Crippen LogP contribution in [0.15, 0.2) is 17.5 Å². The lowest BCUT2D eigenvalue weighted by Gasteiger charge is -2.16. The first-order chi connectivity index (χ1) is 7.72. The molecular weight excluding hydrogens is 218 g/mol. The molecule has 4 heteroatoms. The zero-order valence-corrected chi connectivity index (χ0v) is 10.7. The monoisotopic (exact) mass is 235 g/mol. The Labute approximate surface area is 99.9 Å². The molecule has 2 N–H and O–H groups in total. The van der Waals surface area contributed by atoms with Gasteiger partial charge in [-0.25, -0.2) is 0 Å². The fourth-order valence-electron chi connectivity index (χ4n) is 1.80. The number of aromatic nitrogens is 2. The van der Waals surface area contributed by atoms with Gasteiger partial charge in [0, 0.05) is 4.88 Å². The SMILES string of the molecule is CCC(Nc1c(C)n[nH]c1C)c1cccs1. The highest BCUT2D eigenvalue weighted by Gasteiger charge is 2.14. The summed E-state index contributed by atoms with van der Waals surface area (Å²) >= 11 is 1.80. The zero-order chi connectivity index (χ0) is 11.5. The van der Waals surface area contributed by atoms with Gasteiger partial charge in [0.1, 0.15) is 0 Å². The normalized spacial score (nSPS) is 12.7. The van der Waals surface area contributed by atoms with Crippen molar-refractivity contribution in [3.05, 3.63) is 33.8 Å². The maximum Gasteiger partial charge on any atom is 0.0825 e. The van der Waals surface area contributed by atoms with Gasteiger partial charge < -0.3 is 5.32 Å². The minimum absolute atomic E-state index is 0.384. The lowest BCUT2D eigenvalue weighted by atomic mass is 10.1. The van der Waals surface area contributed by atoms with Crippen LogP contribution in [0.3, 0.4) is 0 Å². The van der Waals surface area contributed by atoms with Crippen LogP contribution in [0.25, 0.3) is 0 Å². The van der Waals surface area contributed by atoms with Gasteiger partial charge in [0.05, 0.1) is 23.1 Å². The molecule has 0 radical (unpaired) electrons. The van der Waals surface area contributed by atoms with Crippen molar-refractivity contribution in [3.63, 3.8) is 0 Å². The second kappa shape index (κ2) is 4.70. The Morgan fingerprint density at radius 2 is 2.31 bits per heavy atom. The van der Waals surface area contributed by atoms with E-state index in [4.69, 9.17) is 0 Å². The first-order valence-corrected chi connectivity index (χ1v) is 6.41. The van der Waals surface area contributed by atoms with Crippen LogP contribution in [0.2, 0.25) is 0 Å². The molecule has 0 aliphatic rings. The van der Waals surface area contributed by atoms with Gasteiger partial charge in [0.2, 0.25) is 0 Å². The quantitative estimate of drug-likeness (QED) is 0.849. The molecule has 86 valence electrons. The predicted octanol–water partition coefficient (Wildman–Crippen LogP) is 3.65. The van der Waals surface area contributed by atoms with E-state index in [0.29, 0.717) is 6.04 Å².